The number of aromatic nitrogens is 2. The number of fused-ring (bicyclic) bond motifs is 2. The van der Waals surface area contributed by atoms with Gasteiger partial charge in [0, 0.05) is 30.0 Å². The van der Waals surface area contributed by atoms with Crippen LogP contribution in [0, 0.1) is 28.9 Å². The number of nitrogens with zero attached hydrogens (tertiary/aromatic N) is 5. The molecule has 8 rings (SSSR count). The Morgan fingerprint density at radius 3 is 2.84 bits per heavy atom. The van der Waals surface area contributed by atoms with E-state index in [1.807, 2.05) is 11.0 Å². The number of nitrogens with two attached hydrogens (primary N) is 1. The maximum atomic E-state index is 17.2. The second-order valence-corrected chi connectivity index (χ2v) is 14.9. The molecule has 9 nitrogen and oxygen atoms in total. The molecular formula is C34H32ClF5N6O3S. The normalized spacial score (nSPS) is 25.0. The van der Waals surface area contributed by atoms with Crippen molar-refractivity contribution in [2.75, 3.05) is 50.1 Å². The molecule has 0 radical (unpaired) electrons. The minimum atomic E-state index is -2.87. The summed E-state index contributed by atoms with van der Waals surface area (Å²) < 4.78 is 89.6. The highest BCUT2D eigenvalue weighted by atomic mass is 35.5. The fraction of sp³-hybridized carbons (Fsp3) is 0.500. The maximum Gasteiger partial charge on any atom is 0.345 e. The molecule has 1 saturated carbocycles. The molecule has 2 N–H and O–H groups in total. The smallest absolute Gasteiger partial charge is 0.345 e. The van der Waals surface area contributed by atoms with Crippen LogP contribution in [0.3, 0.4) is 0 Å². The highest BCUT2D eigenvalue weighted by Crippen LogP contribution is 2.51. The fourth-order valence-corrected chi connectivity index (χ4v) is 9.72. The van der Waals surface area contributed by atoms with Crippen molar-refractivity contribution in [3.05, 3.63) is 34.4 Å². The van der Waals surface area contributed by atoms with Crippen LogP contribution >= 0.6 is 22.9 Å². The first-order valence-electron chi connectivity index (χ1n) is 16.5. The van der Waals surface area contributed by atoms with E-state index >= 15 is 4.39 Å². The Bertz CT molecular complexity index is 2050. The summed E-state index contributed by atoms with van der Waals surface area (Å²) in [5, 5.41) is 10.2. The number of nitrogen functional groups attached to an aromatic ring is 1. The lowest BCUT2D eigenvalue weighted by atomic mass is 9.95. The molecule has 4 atom stereocenters. The van der Waals surface area contributed by atoms with Gasteiger partial charge >= 0.3 is 12.6 Å². The monoisotopic (exact) mass is 734 g/mol. The van der Waals surface area contributed by atoms with Crippen molar-refractivity contribution >= 4 is 54.7 Å². The molecule has 264 valence electrons. The molecule has 2 aromatic heterocycles. The van der Waals surface area contributed by atoms with E-state index in [0.29, 0.717) is 44.6 Å². The van der Waals surface area contributed by atoms with Crippen LogP contribution in [0.15, 0.2) is 12.1 Å². The van der Waals surface area contributed by atoms with Crippen LogP contribution in [0.25, 0.3) is 32.1 Å². The van der Waals surface area contributed by atoms with Crippen molar-refractivity contribution in [1.29, 1.82) is 5.26 Å². The Labute approximate surface area is 292 Å². The zero-order valence-corrected chi connectivity index (χ0v) is 28.2. The van der Waals surface area contributed by atoms with E-state index < -0.39 is 30.0 Å². The molecule has 16 heteroatoms. The Hall–Kier alpha value is -3.71. The van der Waals surface area contributed by atoms with E-state index in [9.17, 15) is 22.8 Å². The van der Waals surface area contributed by atoms with E-state index in [2.05, 4.69) is 14.6 Å². The molecule has 2 unspecified atom stereocenters. The third-order valence-corrected chi connectivity index (χ3v) is 12.0. The first-order chi connectivity index (χ1) is 24.1. The molecule has 3 fully saturated rings. The van der Waals surface area contributed by atoms with Gasteiger partial charge in [-0.25, -0.2) is 13.2 Å². The molecule has 50 heavy (non-hydrogen) atoms. The van der Waals surface area contributed by atoms with Crippen LogP contribution in [0.1, 0.15) is 44.1 Å². The van der Waals surface area contributed by atoms with Crippen LogP contribution in [0.5, 0.6) is 11.8 Å². The van der Waals surface area contributed by atoms with Gasteiger partial charge < -0.3 is 24.8 Å². The Morgan fingerprint density at radius 2 is 2.04 bits per heavy atom. The van der Waals surface area contributed by atoms with Gasteiger partial charge in [-0.05, 0) is 56.2 Å². The van der Waals surface area contributed by atoms with Gasteiger partial charge in [0.1, 0.15) is 47.6 Å². The molecule has 5 heterocycles. The summed E-state index contributed by atoms with van der Waals surface area (Å²) in [6.07, 6.45) is 2.76. The topological polar surface area (TPSA) is 110 Å². The van der Waals surface area contributed by atoms with Crippen LogP contribution in [0.2, 0.25) is 5.02 Å². The summed E-state index contributed by atoms with van der Waals surface area (Å²) >= 11 is 7.89. The zero-order chi connectivity index (χ0) is 34.9. The zero-order valence-electron chi connectivity index (χ0n) is 26.7. The number of anilines is 2. The number of ether oxygens (including phenoxy) is 3. The summed E-state index contributed by atoms with van der Waals surface area (Å²) in [6.45, 7) is -1.37. The van der Waals surface area contributed by atoms with Gasteiger partial charge in [-0.15, -0.1) is 11.3 Å². The van der Waals surface area contributed by atoms with Crippen LogP contribution < -0.4 is 20.1 Å². The average Bonchev–Trinajstić information content (AvgIpc) is 3.83. The maximum absolute atomic E-state index is 17.2. The van der Waals surface area contributed by atoms with Gasteiger partial charge in [0.2, 0.25) is 0 Å². The van der Waals surface area contributed by atoms with Gasteiger partial charge in [-0.2, -0.15) is 24.0 Å². The van der Waals surface area contributed by atoms with Crippen LogP contribution in [0.4, 0.5) is 32.8 Å². The fourth-order valence-electron chi connectivity index (χ4n) is 8.43. The van der Waals surface area contributed by atoms with E-state index in [4.69, 9.17) is 31.8 Å². The van der Waals surface area contributed by atoms with E-state index in [0.717, 1.165) is 36.8 Å². The van der Waals surface area contributed by atoms with E-state index in [1.165, 1.54) is 6.07 Å². The number of halogens is 6. The number of nitriles is 1. The van der Waals surface area contributed by atoms with Crippen molar-refractivity contribution in [3.63, 3.8) is 0 Å². The number of rotatable bonds is 8. The highest BCUT2D eigenvalue weighted by molar-refractivity contribution is 7.23. The van der Waals surface area contributed by atoms with Gasteiger partial charge in [0.15, 0.2) is 11.6 Å². The van der Waals surface area contributed by atoms with Gasteiger partial charge in [0.25, 0.3) is 0 Å². The lowest BCUT2D eigenvalue weighted by Crippen LogP contribution is -2.43. The molecule has 4 aromatic rings. The number of thiophene rings is 1. The molecule has 0 spiro atoms. The second-order valence-electron chi connectivity index (χ2n) is 13.5. The van der Waals surface area contributed by atoms with Gasteiger partial charge in [-0.1, -0.05) is 17.7 Å². The number of hydrogen-bond donors (Lipinski definition) is 1. The number of benzene rings is 2. The standard InChI is InChI=1S/C34H32ClF5N6O3S/c35-25-23(19-4-5-21(37)29-22(19)20(12-41)30(42)50-29)26(38)27-24-28(25)47-9-8-46(18-3-2-16(10-18)14-48-32(39)40)31(24)44-33(43-27)49-15-34-6-1-7-45(34)13-17(36)11-34/h4-5,16-18,32H,1-3,6-11,13-15,42H2/t16?,17-,18?,34+/m1/s1. The molecule has 0 amide bonds. The third-order valence-electron chi connectivity index (χ3n) is 10.6. The molecule has 3 aliphatic heterocycles. The summed E-state index contributed by atoms with van der Waals surface area (Å²) in [4.78, 5) is 13.4. The molecule has 2 aromatic carbocycles. The minimum Gasteiger partial charge on any atom is -0.489 e. The largest absolute Gasteiger partial charge is 0.489 e. The van der Waals surface area contributed by atoms with Crippen molar-refractivity contribution in [3.8, 4) is 29.0 Å². The quantitative estimate of drug-likeness (QED) is 0.185. The van der Waals surface area contributed by atoms with E-state index in [1.54, 1.807) is 0 Å². The van der Waals surface area contributed by atoms with Crippen molar-refractivity contribution in [2.45, 2.75) is 62.9 Å². The summed E-state index contributed by atoms with van der Waals surface area (Å²) in [5.41, 5.74) is 5.36. The summed E-state index contributed by atoms with van der Waals surface area (Å²) in [5.74, 6) is -1.20. The number of alkyl halides is 3. The summed E-state index contributed by atoms with van der Waals surface area (Å²) in [7, 11) is 0. The molecule has 2 saturated heterocycles. The van der Waals surface area contributed by atoms with Gasteiger partial charge in [0.05, 0.1) is 39.4 Å². The van der Waals surface area contributed by atoms with Crippen molar-refractivity contribution in [2.24, 2.45) is 5.92 Å². The molecule has 0 bridgehead atoms. The van der Waals surface area contributed by atoms with Crippen LogP contribution in [-0.2, 0) is 4.74 Å². The van der Waals surface area contributed by atoms with Crippen LogP contribution in [-0.4, -0.2) is 78.7 Å². The molecule has 4 aliphatic rings. The molecular weight excluding hydrogens is 703 g/mol. The second kappa shape index (κ2) is 12.8. The lowest BCUT2D eigenvalue weighted by Gasteiger charge is -2.32. The average molecular weight is 735 g/mol. The Morgan fingerprint density at radius 1 is 1.20 bits per heavy atom. The highest BCUT2D eigenvalue weighted by Gasteiger charge is 2.49. The SMILES string of the molecule is N#Cc1c(N)sc2c(F)ccc(-c3c(Cl)c4c5c(nc(OC[C@@]67CCCN6C[C@H](F)C7)nc5c3F)N(C3CCC(COC(F)F)C3)CCO4)c12. The lowest BCUT2D eigenvalue weighted by molar-refractivity contribution is -0.137. The first kappa shape index (κ1) is 33.4. The minimum absolute atomic E-state index is 0.00450. The summed E-state index contributed by atoms with van der Waals surface area (Å²) in [6, 6.07) is 4.22. The first-order valence-corrected chi connectivity index (χ1v) is 17.7. The molecule has 1 aliphatic carbocycles. The predicted molar refractivity (Wildman–Crippen MR) is 179 cm³/mol. The van der Waals surface area contributed by atoms with Gasteiger partial charge in [-0.3, -0.25) is 4.90 Å². The third kappa shape index (κ3) is 5.46. The Balaban J connectivity index is 1.29. The Kier molecular flexibility index (Phi) is 8.56. The number of hydrogen-bond acceptors (Lipinski definition) is 10. The van der Waals surface area contributed by atoms with E-state index in [-0.39, 0.29) is 91.2 Å². The predicted octanol–water partition coefficient (Wildman–Crippen LogP) is 7.46. The van der Waals surface area contributed by atoms with Crippen molar-refractivity contribution in [1.82, 2.24) is 14.9 Å². The van der Waals surface area contributed by atoms with Crippen molar-refractivity contribution < 1.29 is 36.2 Å².